The Kier molecular flexibility index (Phi) is 3.09. The third-order valence-electron chi connectivity index (χ3n) is 3.20. The van der Waals surface area contributed by atoms with Gasteiger partial charge in [-0.2, -0.15) is 5.10 Å². The van der Waals surface area contributed by atoms with E-state index in [1.165, 1.54) is 0 Å². The van der Waals surface area contributed by atoms with Gasteiger partial charge in [-0.3, -0.25) is 9.48 Å². The molecule has 0 radical (unpaired) electrons. The lowest BCUT2D eigenvalue weighted by molar-refractivity contribution is -0.123. The van der Waals surface area contributed by atoms with Crippen LogP contribution in [0.4, 0.5) is 0 Å². The molecular weight excluding hydrogens is 228 g/mol. The van der Waals surface area contributed by atoms with Crippen LogP contribution in [0.25, 0.3) is 10.9 Å². The second-order valence-electron chi connectivity index (χ2n) is 4.98. The molecule has 18 heavy (non-hydrogen) atoms. The maximum absolute atomic E-state index is 11.3. The summed E-state index contributed by atoms with van der Waals surface area (Å²) in [4.78, 5) is 11.3. The van der Waals surface area contributed by atoms with Crippen LogP contribution < -0.4 is 11.5 Å². The lowest BCUT2D eigenvalue weighted by Crippen LogP contribution is -2.50. The fourth-order valence-corrected chi connectivity index (χ4v) is 2.14. The van der Waals surface area contributed by atoms with E-state index < -0.39 is 11.4 Å². The average Bonchev–Trinajstić information content (AvgIpc) is 2.71. The highest BCUT2D eigenvalue weighted by molar-refractivity contribution is 5.84. The van der Waals surface area contributed by atoms with Crippen LogP contribution >= 0.6 is 0 Å². The number of primary amides is 1. The highest BCUT2D eigenvalue weighted by Crippen LogP contribution is 2.23. The molecule has 5 nitrogen and oxygen atoms in total. The third-order valence-corrected chi connectivity index (χ3v) is 3.20. The second kappa shape index (κ2) is 4.42. The van der Waals surface area contributed by atoms with E-state index in [2.05, 4.69) is 5.10 Å². The highest BCUT2D eigenvalue weighted by atomic mass is 16.1. The van der Waals surface area contributed by atoms with Gasteiger partial charge in [0.05, 0.1) is 23.3 Å². The third kappa shape index (κ3) is 2.22. The van der Waals surface area contributed by atoms with Crippen molar-refractivity contribution in [3.05, 3.63) is 30.5 Å². The fraction of sp³-hybridized carbons (Fsp3) is 0.385. The Labute approximate surface area is 106 Å². The first kappa shape index (κ1) is 12.6. The molecule has 0 aliphatic carbocycles. The normalized spacial score (nSPS) is 16.4. The summed E-state index contributed by atoms with van der Waals surface area (Å²) in [7, 11) is 0. The Morgan fingerprint density at radius 2 is 2.17 bits per heavy atom. The lowest BCUT2D eigenvalue weighted by atomic mass is 9.94. The quantitative estimate of drug-likeness (QED) is 0.849. The highest BCUT2D eigenvalue weighted by Gasteiger charge is 2.29. The number of aromatic nitrogens is 2. The maximum Gasteiger partial charge on any atom is 0.237 e. The zero-order valence-corrected chi connectivity index (χ0v) is 10.6. The molecule has 1 heterocycles. The molecule has 0 spiro atoms. The van der Waals surface area contributed by atoms with Crippen molar-refractivity contribution in [2.45, 2.75) is 31.8 Å². The number of hydrogen-bond acceptors (Lipinski definition) is 3. The minimum absolute atomic E-state index is 0.00685. The van der Waals surface area contributed by atoms with Crippen molar-refractivity contribution < 1.29 is 4.79 Å². The molecule has 2 aromatic rings. The number of benzene rings is 1. The van der Waals surface area contributed by atoms with E-state index in [9.17, 15) is 4.79 Å². The summed E-state index contributed by atoms with van der Waals surface area (Å²) in [6, 6.07) is 7.93. The molecule has 1 aromatic carbocycles. The van der Waals surface area contributed by atoms with Crippen LogP contribution in [0, 0.1) is 0 Å². The maximum atomic E-state index is 11.3. The van der Waals surface area contributed by atoms with Gasteiger partial charge in [0.15, 0.2) is 0 Å². The van der Waals surface area contributed by atoms with Crippen molar-refractivity contribution in [2.75, 3.05) is 0 Å². The van der Waals surface area contributed by atoms with E-state index in [-0.39, 0.29) is 6.04 Å². The van der Waals surface area contributed by atoms with Gasteiger partial charge < -0.3 is 11.5 Å². The van der Waals surface area contributed by atoms with Crippen LogP contribution in [-0.4, -0.2) is 21.2 Å². The number of rotatable bonds is 4. The largest absolute Gasteiger partial charge is 0.368 e. The molecule has 0 saturated heterocycles. The van der Waals surface area contributed by atoms with Gasteiger partial charge >= 0.3 is 0 Å². The predicted octanol–water partition coefficient (Wildman–Crippen LogP) is 1.19. The molecule has 4 N–H and O–H groups in total. The van der Waals surface area contributed by atoms with Crippen LogP contribution in [0.15, 0.2) is 30.5 Å². The molecule has 2 rings (SSSR count). The lowest BCUT2D eigenvalue weighted by Gasteiger charge is -2.25. The standard InChI is InChI=1S/C13H18N4O/c1-9(7-13(2,15)12(14)18)17-11-6-4-3-5-10(11)8-16-17/h3-6,8-9H,7,15H2,1-2H3,(H2,14,18). The van der Waals surface area contributed by atoms with Gasteiger partial charge in [0, 0.05) is 5.39 Å². The van der Waals surface area contributed by atoms with E-state index >= 15 is 0 Å². The molecule has 0 aliphatic heterocycles. The molecule has 0 aliphatic rings. The first-order chi connectivity index (χ1) is 8.42. The van der Waals surface area contributed by atoms with Crippen molar-refractivity contribution in [1.82, 2.24) is 9.78 Å². The Morgan fingerprint density at radius 1 is 1.50 bits per heavy atom. The summed E-state index contributed by atoms with van der Waals surface area (Å²) in [6.45, 7) is 3.63. The predicted molar refractivity (Wildman–Crippen MR) is 70.8 cm³/mol. The van der Waals surface area contributed by atoms with E-state index in [1.807, 2.05) is 42.1 Å². The van der Waals surface area contributed by atoms with Gasteiger partial charge in [0.25, 0.3) is 0 Å². The van der Waals surface area contributed by atoms with Crippen LogP contribution in [0.2, 0.25) is 0 Å². The SMILES string of the molecule is CC(CC(C)(N)C(N)=O)n1ncc2ccccc21. The summed E-state index contributed by atoms with van der Waals surface area (Å²) < 4.78 is 1.88. The van der Waals surface area contributed by atoms with E-state index in [0.29, 0.717) is 6.42 Å². The smallest absolute Gasteiger partial charge is 0.237 e. The molecule has 0 fully saturated rings. The number of carbonyl (C=O) groups is 1. The minimum Gasteiger partial charge on any atom is -0.368 e. The van der Waals surface area contributed by atoms with Crippen LogP contribution in [-0.2, 0) is 4.79 Å². The van der Waals surface area contributed by atoms with Gasteiger partial charge in [-0.15, -0.1) is 0 Å². The van der Waals surface area contributed by atoms with Gasteiger partial charge in [0.1, 0.15) is 0 Å². The number of nitrogens with two attached hydrogens (primary N) is 2. The van der Waals surface area contributed by atoms with Crippen LogP contribution in [0.5, 0.6) is 0 Å². The molecule has 1 amide bonds. The van der Waals surface area contributed by atoms with E-state index in [1.54, 1.807) is 6.92 Å². The fourth-order valence-electron chi connectivity index (χ4n) is 2.14. The summed E-state index contributed by atoms with van der Waals surface area (Å²) in [5.74, 6) is -0.495. The number of carbonyl (C=O) groups excluding carboxylic acids is 1. The van der Waals surface area contributed by atoms with Gasteiger partial charge in [0.2, 0.25) is 5.91 Å². The van der Waals surface area contributed by atoms with E-state index in [4.69, 9.17) is 11.5 Å². The molecule has 5 heteroatoms. The summed E-state index contributed by atoms with van der Waals surface area (Å²) in [5, 5.41) is 5.42. The number of para-hydroxylation sites is 1. The van der Waals surface area contributed by atoms with Crippen molar-refractivity contribution in [1.29, 1.82) is 0 Å². The summed E-state index contributed by atoms with van der Waals surface area (Å²) >= 11 is 0. The van der Waals surface area contributed by atoms with Gasteiger partial charge in [-0.1, -0.05) is 18.2 Å². The Balaban J connectivity index is 2.29. The summed E-state index contributed by atoms with van der Waals surface area (Å²) in [5.41, 5.74) is 11.2. The number of amides is 1. The number of hydrogen-bond donors (Lipinski definition) is 2. The number of nitrogens with zero attached hydrogens (tertiary/aromatic N) is 2. The van der Waals surface area contributed by atoms with Crippen molar-refractivity contribution in [3.63, 3.8) is 0 Å². The average molecular weight is 246 g/mol. The minimum atomic E-state index is -1.02. The first-order valence-corrected chi connectivity index (χ1v) is 5.93. The van der Waals surface area contributed by atoms with Crippen LogP contribution in [0.1, 0.15) is 26.3 Å². The zero-order chi connectivity index (χ0) is 13.3. The summed E-state index contributed by atoms with van der Waals surface area (Å²) in [6.07, 6.45) is 2.26. The molecule has 2 unspecified atom stereocenters. The molecular formula is C13H18N4O. The molecule has 0 bridgehead atoms. The number of fused-ring (bicyclic) bond motifs is 1. The molecule has 1 aromatic heterocycles. The second-order valence-corrected chi connectivity index (χ2v) is 4.98. The zero-order valence-electron chi connectivity index (χ0n) is 10.6. The van der Waals surface area contributed by atoms with Crippen LogP contribution in [0.3, 0.4) is 0 Å². The van der Waals surface area contributed by atoms with Gasteiger partial charge in [-0.05, 0) is 26.3 Å². The van der Waals surface area contributed by atoms with Gasteiger partial charge in [-0.25, -0.2) is 0 Å². The Morgan fingerprint density at radius 3 is 2.83 bits per heavy atom. The molecule has 0 saturated carbocycles. The first-order valence-electron chi connectivity index (χ1n) is 5.93. The van der Waals surface area contributed by atoms with Crippen molar-refractivity contribution >= 4 is 16.8 Å². The Hall–Kier alpha value is -1.88. The van der Waals surface area contributed by atoms with E-state index in [0.717, 1.165) is 10.9 Å². The Bertz CT molecular complexity index is 573. The monoisotopic (exact) mass is 246 g/mol. The van der Waals surface area contributed by atoms with Crippen molar-refractivity contribution in [2.24, 2.45) is 11.5 Å². The molecule has 96 valence electrons. The topological polar surface area (TPSA) is 86.9 Å². The molecule has 2 atom stereocenters. The van der Waals surface area contributed by atoms with Crippen molar-refractivity contribution in [3.8, 4) is 0 Å².